The van der Waals surface area contributed by atoms with Crippen LogP contribution in [-0.2, 0) is 9.53 Å². The van der Waals surface area contributed by atoms with Crippen LogP contribution in [0.25, 0.3) is 10.8 Å². The first-order valence-electron chi connectivity index (χ1n) is 8.34. The van der Waals surface area contributed by atoms with Gasteiger partial charge in [0.1, 0.15) is 5.75 Å². The van der Waals surface area contributed by atoms with E-state index in [0.29, 0.717) is 23.6 Å². The number of esters is 1. The maximum Gasteiger partial charge on any atom is 0.338 e. The molecule has 0 aromatic heterocycles. The van der Waals surface area contributed by atoms with Gasteiger partial charge in [-0.1, -0.05) is 30.3 Å². The van der Waals surface area contributed by atoms with Crippen molar-refractivity contribution in [2.24, 2.45) is 0 Å². The molecule has 0 saturated carbocycles. The largest absolute Gasteiger partial charge is 0.484 e. The molecule has 0 heterocycles. The third kappa shape index (κ3) is 4.39. The lowest BCUT2D eigenvalue weighted by Gasteiger charge is -2.09. The Morgan fingerprint density at radius 2 is 1.65 bits per heavy atom. The normalized spacial score (nSPS) is 10.3. The van der Waals surface area contributed by atoms with Crippen LogP contribution in [-0.4, -0.2) is 25.1 Å². The van der Waals surface area contributed by atoms with Gasteiger partial charge in [-0.2, -0.15) is 0 Å². The number of anilines is 1. The lowest BCUT2D eigenvalue weighted by molar-refractivity contribution is -0.118. The van der Waals surface area contributed by atoms with Crippen LogP contribution in [0.4, 0.5) is 5.69 Å². The third-order valence-electron chi connectivity index (χ3n) is 3.77. The maximum absolute atomic E-state index is 12.0. The summed E-state index contributed by atoms with van der Waals surface area (Å²) in [6.07, 6.45) is 0. The summed E-state index contributed by atoms with van der Waals surface area (Å²) in [5.74, 6) is -0.0245. The first kappa shape index (κ1) is 17.5. The first-order valence-corrected chi connectivity index (χ1v) is 8.34. The van der Waals surface area contributed by atoms with Crippen molar-refractivity contribution < 1.29 is 19.1 Å². The second kappa shape index (κ2) is 8.16. The monoisotopic (exact) mass is 349 g/mol. The van der Waals surface area contributed by atoms with Gasteiger partial charge in [0.25, 0.3) is 5.91 Å². The van der Waals surface area contributed by atoms with Crippen LogP contribution in [0.2, 0.25) is 0 Å². The van der Waals surface area contributed by atoms with E-state index in [1.807, 2.05) is 42.5 Å². The highest BCUT2D eigenvalue weighted by molar-refractivity contribution is 5.93. The fourth-order valence-corrected chi connectivity index (χ4v) is 2.51. The molecule has 3 rings (SSSR count). The van der Waals surface area contributed by atoms with Gasteiger partial charge in [-0.05, 0) is 54.1 Å². The molecular formula is C21H19NO4. The minimum absolute atomic E-state index is 0.0992. The summed E-state index contributed by atoms with van der Waals surface area (Å²) in [5, 5.41) is 4.90. The van der Waals surface area contributed by atoms with Gasteiger partial charge in [0, 0.05) is 5.69 Å². The minimum Gasteiger partial charge on any atom is -0.484 e. The van der Waals surface area contributed by atoms with Gasteiger partial charge in [-0.15, -0.1) is 0 Å². The first-order chi connectivity index (χ1) is 12.7. The molecule has 0 bridgehead atoms. The highest BCUT2D eigenvalue weighted by atomic mass is 16.5. The highest BCUT2D eigenvalue weighted by Crippen LogP contribution is 2.20. The predicted molar refractivity (Wildman–Crippen MR) is 100 cm³/mol. The number of benzene rings is 3. The molecule has 0 saturated heterocycles. The summed E-state index contributed by atoms with van der Waals surface area (Å²) in [4.78, 5) is 23.6. The number of ether oxygens (including phenoxy) is 2. The van der Waals surface area contributed by atoms with E-state index in [9.17, 15) is 9.59 Å². The van der Waals surface area contributed by atoms with Gasteiger partial charge in [0.15, 0.2) is 6.61 Å². The van der Waals surface area contributed by atoms with E-state index in [1.165, 1.54) is 0 Å². The van der Waals surface area contributed by atoms with E-state index in [-0.39, 0.29) is 18.5 Å². The number of fused-ring (bicyclic) bond motifs is 1. The van der Waals surface area contributed by atoms with Crippen molar-refractivity contribution in [3.63, 3.8) is 0 Å². The average Bonchev–Trinajstić information content (AvgIpc) is 2.67. The van der Waals surface area contributed by atoms with Crippen LogP contribution >= 0.6 is 0 Å². The van der Waals surface area contributed by atoms with Crippen LogP contribution < -0.4 is 10.1 Å². The Balaban J connectivity index is 1.55. The van der Waals surface area contributed by atoms with Crippen molar-refractivity contribution in [3.05, 3.63) is 72.3 Å². The fraction of sp³-hybridized carbons (Fsp3) is 0.143. The van der Waals surface area contributed by atoms with Gasteiger partial charge >= 0.3 is 5.97 Å². The molecule has 0 atom stereocenters. The molecular weight excluding hydrogens is 330 g/mol. The molecule has 0 aliphatic rings. The number of hydrogen-bond acceptors (Lipinski definition) is 4. The van der Waals surface area contributed by atoms with E-state index < -0.39 is 0 Å². The third-order valence-corrected chi connectivity index (χ3v) is 3.77. The van der Waals surface area contributed by atoms with Gasteiger partial charge in [-0.25, -0.2) is 4.79 Å². The van der Waals surface area contributed by atoms with E-state index in [0.717, 1.165) is 10.8 Å². The fourth-order valence-electron chi connectivity index (χ4n) is 2.51. The van der Waals surface area contributed by atoms with Crippen molar-refractivity contribution in [1.82, 2.24) is 0 Å². The standard InChI is InChI=1S/C21H19NO4/c1-2-25-21(24)16-7-10-18(11-8-16)22-20(23)14-26-19-12-9-15-5-3-4-6-17(15)13-19/h3-13H,2,14H2,1H3,(H,22,23). The minimum atomic E-state index is -0.384. The Kier molecular flexibility index (Phi) is 5.49. The maximum atomic E-state index is 12.0. The number of rotatable bonds is 6. The van der Waals surface area contributed by atoms with E-state index >= 15 is 0 Å². The van der Waals surface area contributed by atoms with Crippen LogP contribution in [0.1, 0.15) is 17.3 Å². The Hall–Kier alpha value is -3.34. The zero-order valence-electron chi connectivity index (χ0n) is 14.4. The SMILES string of the molecule is CCOC(=O)c1ccc(NC(=O)COc2ccc3ccccc3c2)cc1. The summed E-state index contributed by atoms with van der Waals surface area (Å²) in [6.45, 7) is 1.98. The van der Waals surface area contributed by atoms with E-state index in [1.54, 1.807) is 31.2 Å². The van der Waals surface area contributed by atoms with Gasteiger partial charge < -0.3 is 14.8 Å². The zero-order chi connectivity index (χ0) is 18.4. The van der Waals surface area contributed by atoms with Crippen molar-refractivity contribution in [3.8, 4) is 5.75 Å². The topological polar surface area (TPSA) is 64.6 Å². The Morgan fingerprint density at radius 1 is 0.923 bits per heavy atom. The molecule has 0 aliphatic carbocycles. The molecule has 0 unspecified atom stereocenters. The molecule has 0 fully saturated rings. The second-order valence-electron chi connectivity index (χ2n) is 5.64. The average molecular weight is 349 g/mol. The molecule has 5 nitrogen and oxygen atoms in total. The second-order valence-corrected chi connectivity index (χ2v) is 5.64. The number of nitrogens with one attached hydrogen (secondary N) is 1. The molecule has 1 amide bonds. The van der Waals surface area contributed by atoms with Gasteiger partial charge in [-0.3, -0.25) is 4.79 Å². The van der Waals surface area contributed by atoms with E-state index in [4.69, 9.17) is 9.47 Å². The Morgan fingerprint density at radius 3 is 2.38 bits per heavy atom. The molecule has 3 aromatic carbocycles. The molecule has 0 radical (unpaired) electrons. The summed E-state index contributed by atoms with van der Waals surface area (Å²) < 4.78 is 10.5. The van der Waals surface area contributed by atoms with Crippen molar-refractivity contribution in [2.45, 2.75) is 6.92 Å². The quantitative estimate of drug-likeness (QED) is 0.682. The van der Waals surface area contributed by atoms with E-state index in [2.05, 4.69) is 5.32 Å². The summed E-state index contributed by atoms with van der Waals surface area (Å²) >= 11 is 0. The molecule has 5 heteroatoms. The van der Waals surface area contributed by atoms with Gasteiger partial charge in [0.2, 0.25) is 0 Å². The van der Waals surface area contributed by atoms with Crippen molar-refractivity contribution in [1.29, 1.82) is 0 Å². The summed E-state index contributed by atoms with van der Waals surface area (Å²) in [6, 6.07) is 20.2. The Bertz CT molecular complexity index is 919. The summed E-state index contributed by atoms with van der Waals surface area (Å²) in [7, 11) is 0. The molecule has 0 aliphatic heterocycles. The van der Waals surface area contributed by atoms with Crippen molar-refractivity contribution in [2.75, 3.05) is 18.5 Å². The number of carbonyl (C=O) groups is 2. The lowest BCUT2D eigenvalue weighted by atomic mass is 10.1. The van der Waals surface area contributed by atoms with Gasteiger partial charge in [0.05, 0.1) is 12.2 Å². The molecule has 0 spiro atoms. The van der Waals surface area contributed by atoms with Crippen LogP contribution in [0.3, 0.4) is 0 Å². The molecule has 3 aromatic rings. The lowest BCUT2D eigenvalue weighted by Crippen LogP contribution is -2.20. The van der Waals surface area contributed by atoms with Crippen molar-refractivity contribution >= 4 is 28.3 Å². The number of amides is 1. The smallest absolute Gasteiger partial charge is 0.338 e. The molecule has 132 valence electrons. The molecule has 26 heavy (non-hydrogen) atoms. The Labute approximate surface area is 151 Å². The number of hydrogen-bond donors (Lipinski definition) is 1. The summed E-state index contributed by atoms with van der Waals surface area (Å²) in [5.41, 5.74) is 1.03. The zero-order valence-corrected chi connectivity index (χ0v) is 14.4. The predicted octanol–water partition coefficient (Wildman–Crippen LogP) is 4.03. The van der Waals surface area contributed by atoms with Crippen LogP contribution in [0.5, 0.6) is 5.75 Å². The van der Waals surface area contributed by atoms with Crippen LogP contribution in [0, 0.1) is 0 Å². The molecule has 1 N–H and O–H groups in total. The van der Waals surface area contributed by atoms with Crippen LogP contribution in [0.15, 0.2) is 66.7 Å². The number of carbonyl (C=O) groups excluding carboxylic acids is 2. The highest BCUT2D eigenvalue weighted by Gasteiger charge is 2.08.